The lowest BCUT2D eigenvalue weighted by molar-refractivity contribution is -0.142. The van der Waals surface area contributed by atoms with E-state index in [0.717, 1.165) is 5.56 Å². The first-order chi connectivity index (χ1) is 10.4. The van der Waals surface area contributed by atoms with Crippen molar-refractivity contribution in [3.8, 4) is 0 Å². The van der Waals surface area contributed by atoms with E-state index in [1.165, 1.54) is 13.8 Å². The van der Waals surface area contributed by atoms with Crippen LogP contribution in [0, 0.1) is 0 Å². The Hall–Kier alpha value is -2.34. The average molecular weight is 321 g/mol. The zero-order chi connectivity index (χ0) is 16.3. The summed E-state index contributed by atoms with van der Waals surface area (Å²) < 4.78 is 5.10. The number of rotatable bonds is 4. The molecule has 1 atom stereocenters. The van der Waals surface area contributed by atoms with Gasteiger partial charge in [-0.1, -0.05) is 23.7 Å². The summed E-state index contributed by atoms with van der Waals surface area (Å²) in [6, 6.07) is 5.49. The fourth-order valence-corrected chi connectivity index (χ4v) is 2.00. The normalized spacial score (nSPS) is 17.6. The Labute approximate surface area is 131 Å². The second kappa shape index (κ2) is 6.62. The quantitative estimate of drug-likeness (QED) is 0.485. The van der Waals surface area contributed by atoms with Crippen LogP contribution in [0.4, 0.5) is 0 Å². The van der Waals surface area contributed by atoms with E-state index < -0.39 is 23.6 Å². The van der Waals surface area contributed by atoms with Crippen molar-refractivity contribution < 1.29 is 19.1 Å². The number of hydrogen-bond donors (Lipinski definition) is 0. The highest BCUT2D eigenvalue weighted by molar-refractivity contribution is 6.30. The van der Waals surface area contributed by atoms with Crippen LogP contribution in [0.2, 0.25) is 5.02 Å². The molecule has 0 N–H and O–H groups in total. The molecule has 0 saturated carbocycles. The summed E-state index contributed by atoms with van der Waals surface area (Å²) in [5.41, 5.74) is 0.636. The van der Waals surface area contributed by atoms with Crippen LogP contribution >= 0.6 is 11.6 Å². The highest BCUT2D eigenvalue weighted by atomic mass is 35.5. The first-order valence-corrected chi connectivity index (χ1v) is 6.86. The van der Waals surface area contributed by atoms with Gasteiger partial charge >= 0.3 is 5.97 Å². The maximum Gasteiger partial charge on any atom is 0.344 e. The molecule has 7 heteroatoms. The Morgan fingerprint density at radius 2 is 1.91 bits per heavy atom. The molecule has 0 amide bonds. The van der Waals surface area contributed by atoms with Gasteiger partial charge in [0.15, 0.2) is 11.8 Å². The summed E-state index contributed by atoms with van der Waals surface area (Å²) in [5.74, 6) is -1.97. The van der Waals surface area contributed by atoms with Crippen LogP contribution in [0.1, 0.15) is 19.4 Å². The van der Waals surface area contributed by atoms with Crippen LogP contribution in [-0.4, -0.2) is 23.6 Å². The number of ether oxygens (including phenoxy) is 1. The van der Waals surface area contributed by atoms with E-state index in [-0.39, 0.29) is 17.9 Å². The summed E-state index contributed by atoms with van der Waals surface area (Å²) >= 11 is 5.77. The van der Waals surface area contributed by atoms with Crippen molar-refractivity contribution in [2.24, 2.45) is 10.2 Å². The van der Waals surface area contributed by atoms with Crippen molar-refractivity contribution in [3.05, 3.63) is 46.1 Å². The lowest BCUT2D eigenvalue weighted by Gasteiger charge is -2.15. The molecule has 6 nitrogen and oxygen atoms in total. The number of halogens is 1. The summed E-state index contributed by atoms with van der Waals surface area (Å²) in [6.07, 6.45) is 0. The first-order valence-electron chi connectivity index (χ1n) is 6.48. The molecule has 0 aromatic heterocycles. The summed E-state index contributed by atoms with van der Waals surface area (Å²) in [5, 5.41) is 7.86. The molecule has 0 saturated heterocycles. The zero-order valence-corrected chi connectivity index (χ0v) is 12.8. The molecular formula is C15H13ClN2O4. The summed E-state index contributed by atoms with van der Waals surface area (Å²) in [7, 11) is 0. The molecule has 0 aliphatic carbocycles. The topological polar surface area (TPSA) is 85.2 Å². The van der Waals surface area contributed by atoms with E-state index in [4.69, 9.17) is 16.3 Å². The molecule has 1 aliphatic heterocycles. The van der Waals surface area contributed by atoms with Crippen molar-refractivity contribution in [2.75, 3.05) is 0 Å². The number of carbonyl (C=O) groups excluding carboxylic acids is 3. The summed E-state index contributed by atoms with van der Waals surface area (Å²) in [6.45, 7) is 2.68. The molecule has 1 unspecified atom stereocenters. The molecule has 2 rings (SSSR count). The molecule has 0 spiro atoms. The Balaban J connectivity index is 2.11. The van der Waals surface area contributed by atoms with Crippen LogP contribution in [0.25, 0.3) is 0 Å². The number of azo groups is 1. The van der Waals surface area contributed by atoms with Gasteiger partial charge in [-0.3, -0.25) is 9.59 Å². The highest BCUT2D eigenvalue weighted by Crippen LogP contribution is 2.20. The van der Waals surface area contributed by atoms with Gasteiger partial charge in [0.1, 0.15) is 12.2 Å². The van der Waals surface area contributed by atoms with Crippen LogP contribution in [0.3, 0.4) is 0 Å². The molecule has 1 heterocycles. The third kappa shape index (κ3) is 3.46. The Kier molecular flexibility index (Phi) is 4.82. The monoisotopic (exact) mass is 320 g/mol. The predicted molar refractivity (Wildman–Crippen MR) is 78.3 cm³/mol. The van der Waals surface area contributed by atoms with E-state index in [9.17, 15) is 14.4 Å². The molecular weight excluding hydrogens is 308 g/mol. The van der Waals surface area contributed by atoms with Crippen molar-refractivity contribution in [3.63, 3.8) is 0 Å². The molecule has 0 fully saturated rings. The van der Waals surface area contributed by atoms with Gasteiger partial charge in [0.05, 0.1) is 5.70 Å². The number of esters is 1. The number of benzene rings is 1. The lowest BCUT2D eigenvalue weighted by Crippen LogP contribution is -2.33. The third-order valence-corrected chi connectivity index (χ3v) is 3.30. The molecule has 114 valence electrons. The van der Waals surface area contributed by atoms with Gasteiger partial charge < -0.3 is 4.74 Å². The van der Waals surface area contributed by atoms with E-state index in [0.29, 0.717) is 5.02 Å². The smallest absolute Gasteiger partial charge is 0.344 e. The molecule has 1 aromatic rings. The van der Waals surface area contributed by atoms with Crippen molar-refractivity contribution in [2.45, 2.75) is 26.5 Å². The van der Waals surface area contributed by atoms with E-state index in [1.54, 1.807) is 24.3 Å². The minimum atomic E-state index is -1.26. The van der Waals surface area contributed by atoms with Gasteiger partial charge in [0.2, 0.25) is 5.78 Å². The Bertz CT molecular complexity index is 692. The SMILES string of the molecule is CC(=O)C1N=NC(C)=C(C(=O)OCc2ccc(Cl)cc2)C1=O. The van der Waals surface area contributed by atoms with Gasteiger partial charge in [-0.15, -0.1) is 0 Å². The second-order valence-electron chi connectivity index (χ2n) is 4.76. The first kappa shape index (κ1) is 16.0. The fourth-order valence-electron chi connectivity index (χ4n) is 1.88. The van der Waals surface area contributed by atoms with Crippen LogP contribution < -0.4 is 0 Å². The van der Waals surface area contributed by atoms with Crippen molar-refractivity contribution >= 4 is 29.1 Å². The summed E-state index contributed by atoms with van der Waals surface area (Å²) in [4.78, 5) is 35.5. The van der Waals surface area contributed by atoms with Gasteiger partial charge in [-0.05, 0) is 31.5 Å². The van der Waals surface area contributed by atoms with E-state index in [1.807, 2.05) is 0 Å². The highest BCUT2D eigenvalue weighted by Gasteiger charge is 2.35. The molecule has 1 aromatic carbocycles. The van der Waals surface area contributed by atoms with Gasteiger partial charge in [-0.25, -0.2) is 4.79 Å². The molecule has 0 radical (unpaired) electrons. The Morgan fingerprint density at radius 3 is 2.50 bits per heavy atom. The molecule has 0 bridgehead atoms. The number of nitrogens with zero attached hydrogens (tertiary/aromatic N) is 2. The Morgan fingerprint density at radius 1 is 1.27 bits per heavy atom. The maximum atomic E-state index is 12.1. The van der Waals surface area contributed by atoms with Crippen LogP contribution in [0.5, 0.6) is 0 Å². The third-order valence-electron chi connectivity index (χ3n) is 3.05. The molecule has 22 heavy (non-hydrogen) atoms. The lowest BCUT2D eigenvalue weighted by atomic mass is 9.99. The number of carbonyl (C=O) groups is 3. The minimum absolute atomic E-state index is 0.0120. The minimum Gasteiger partial charge on any atom is -0.457 e. The zero-order valence-electron chi connectivity index (χ0n) is 12.0. The van der Waals surface area contributed by atoms with Crippen molar-refractivity contribution in [1.29, 1.82) is 0 Å². The van der Waals surface area contributed by atoms with Crippen LogP contribution in [0.15, 0.2) is 45.8 Å². The molecule has 1 aliphatic rings. The van der Waals surface area contributed by atoms with Crippen LogP contribution in [-0.2, 0) is 25.7 Å². The van der Waals surface area contributed by atoms with E-state index in [2.05, 4.69) is 10.2 Å². The number of allylic oxidation sites excluding steroid dienone is 1. The number of Topliss-reactive ketones (excluding diaryl/α,β-unsaturated/α-hetero) is 2. The van der Waals surface area contributed by atoms with Gasteiger partial charge in [0, 0.05) is 5.02 Å². The predicted octanol–water partition coefficient (Wildman–Crippen LogP) is 2.65. The largest absolute Gasteiger partial charge is 0.457 e. The van der Waals surface area contributed by atoms with E-state index >= 15 is 0 Å². The van der Waals surface area contributed by atoms with Gasteiger partial charge in [0.25, 0.3) is 0 Å². The average Bonchev–Trinajstić information content (AvgIpc) is 2.46. The van der Waals surface area contributed by atoms with Crippen molar-refractivity contribution in [1.82, 2.24) is 0 Å². The second-order valence-corrected chi connectivity index (χ2v) is 5.19. The number of hydrogen-bond acceptors (Lipinski definition) is 6. The van der Waals surface area contributed by atoms with Gasteiger partial charge in [-0.2, -0.15) is 10.2 Å². The number of ketones is 2. The standard InChI is InChI=1S/C15H13ClN2O4/c1-8-12(14(20)13(9(2)19)18-17-8)15(21)22-7-10-3-5-11(16)6-4-10/h3-6,13H,7H2,1-2H3. The fraction of sp³-hybridized carbons (Fsp3) is 0.267. The maximum absolute atomic E-state index is 12.1.